The average Bonchev–Trinajstić information content (AvgIpc) is 3.25. The van der Waals surface area contributed by atoms with Crippen LogP contribution in [-0.4, -0.2) is 56.7 Å². The molecular formula is C22H21N7O2. The molecule has 156 valence electrons. The van der Waals surface area contributed by atoms with Gasteiger partial charge in [0.05, 0.1) is 43.1 Å². The third-order valence-electron chi connectivity index (χ3n) is 5.26. The number of nitrogens with zero attached hydrogens (tertiary/aromatic N) is 6. The number of hydrogen-bond acceptors (Lipinski definition) is 7. The molecule has 4 aromatic heterocycles. The van der Waals surface area contributed by atoms with Crippen molar-refractivity contribution < 1.29 is 9.53 Å². The third-order valence-corrected chi connectivity index (χ3v) is 5.26. The van der Waals surface area contributed by atoms with Gasteiger partial charge in [0.2, 0.25) is 0 Å². The van der Waals surface area contributed by atoms with Crippen LogP contribution < -0.4 is 10.2 Å². The number of pyridine rings is 3. The lowest BCUT2D eigenvalue weighted by atomic mass is 10.1. The standard InChI is InChI=1S/C22H21N7O2/c1-28-14-23-13-19(28)17-8-16-9-20(26-12-18(16)25-11-17)27-22(30)15-2-3-24-21(10-15)29-4-6-31-7-5-29/h2-3,8-14H,4-7H2,1H3,(H,26,27,30). The molecule has 31 heavy (non-hydrogen) atoms. The summed E-state index contributed by atoms with van der Waals surface area (Å²) in [6.07, 6.45) is 8.64. The number of aryl methyl sites for hydroxylation is 1. The Kier molecular flexibility index (Phi) is 5.01. The first-order chi connectivity index (χ1) is 15.2. The second kappa shape index (κ2) is 8.11. The molecule has 1 amide bonds. The highest BCUT2D eigenvalue weighted by Gasteiger charge is 2.15. The van der Waals surface area contributed by atoms with E-state index in [1.807, 2.05) is 23.7 Å². The summed E-state index contributed by atoms with van der Waals surface area (Å²) in [6, 6.07) is 7.33. The van der Waals surface area contributed by atoms with Gasteiger partial charge in [-0.15, -0.1) is 0 Å². The number of amides is 1. The van der Waals surface area contributed by atoms with Gasteiger partial charge in [0.15, 0.2) is 0 Å². The number of imidazole rings is 1. The normalized spacial score (nSPS) is 14.0. The van der Waals surface area contributed by atoms with Crippen LogP contribution in [-0.2, 0) is 11.8 Å². The molecule has 0 radical (unpaired) electrons. The van der Waals surface area contributed by atoms with Crippen LogP contribution in [0.3, 0.4) is 0 Å². The molecule has 1 N–H and O–H groups in total. The predicted octanol–water partition coefficient (Wildman–Crippen LogP) is 2.51. The van der Waals surface area contributed by atoms with Gasteiger partial charge in [-0.3, -0.25) is 9.78 Å². The monoisotopic (exact) mass is 415 g/mol. The molecule has 0 aliphatic carbocycles. The van der Waals surface area contributed by atoms with Gasteiger partial charge >= 0.3 is 0 Å². The van der Waals surface area contributed by atoms with Crippen LogP contribution in [0.5, 0.6) is 0 Å². The number of anilines is 2. The Bertz CT molecular complexity index is 1250. The van der Waals surface area contributed by atoms with Crippen LogP contribution in [0.15, 0.2) is 55.4 Å². The number of carbonyl (C=O) groups excluding carboxylic acids is 1. The predicted molar refractivity (Wildman–Crippen MR) is 117 cm³/mol. The van der Waals surface area contributed by atoms with Gasteiger partial charge in [-0.1, -0.05) is 0 Å². The van der Waals surface area contributed by atoms with Crippen LogP contribution in [0, 0.1) is 0 Å². The number of morpholine rings is 1. The Morgan fingerprint density at radius 2 is 1.94 bits per heavy atom. The Labute approximate surface area is 178 Å². The maximum atomic E-state index is 12.8. The lowest BCUT2D eigenvalue weighted by molar-refractivity contribution is 0.102. The molecule has 1 saturated heterocycles. The van der Waals surface area contributed by atoms with Gasteiger partial charge in [-0.05, 0) is 24.3 Å². The van der Waals surface area contributed by atoms with E-state index >= 15 is 0 Å². The van der Waals surface area contributed by atoms with Crippen molar-refractivity contribution in [1.82, 2.24) is 24.5 Å². The first-order valence-corrected chi connectivity index (χ1v) is 10.00. The van der Waals surface area contributed by atoms with Crippen molar-refractivity contribution in [1.29, 1.82) is 0 Å². The van der Waals surface area contributed by atoms with E-state index in [-0.39, 0.29) is 5.91 Å². The molecule has 0 atom stereocenters. The average molecular weight is 415 g/mol. The van der Waals surface area contributed by atoms with E-state index in [9.17, 15) is 4.79 Å². The lowest BCUT2D eigenvalue weighted by Crippen LogP contribution is -2.36. The van der Waals surface area contributed by atoms with E-state index in [2.05, 4.69) is 30.2 Å². The lowest BCUT2D eigenvalue weighted by Gasteiger charge is -2.27. The number of carbonyl (C=O) groups is 1. The topological polar surface area (TPSA) is 98.1 Å². The number of hydrogen-bond donors (Lipinski definition) is 1. The summed E-state index contributed by atoms with van der Waals surface area (Å²) in [6.45, 7) is 2.84. The summed E-state index contributed by atoms with van der Waals surface area (Å²) >= 11 is 0. The van der Waals surface area contributed by atoms with Crippen LogP contribution in [0.25, 0.3) is 22.2 Å². The Hall–Kier alpha value is -3.85. The van der Waals surface area contributed by atoms with E-state index in [1.54, 1.807) is 43.2 Å². The number of fused-ring (bicyclic) bond motifs is 1. The minimum Gasteiger partial charge on any atom is -0.378 e. The molecular weight excluding hydrogens is 394 g/mol. The van der Waals surface area contributed by atoms with E-state index in [1.165, 1.54) is 0 Å². The van der Waals surface area contributed by atoms with Crippen molar-refractivity contribution in [2.24, 2.45) is 7.05 Å². The second-order valence-electron chi connectivity index (χ2n) is 7.33. The van der Waals surface area contributed by atoms with Gasteiger partial charge in [0, 0.05) is 49.0 Å². The molecule has 9 nitrogen and oxygen atoms in total. The summed E-state index contributed by atoms with van der Waals surface area (Å²) in [5.74, 6) is 0.998. The van der Waals surface area contributed by atoms with Crippen LogP contribution in [0.4, 0.5) is 11.6 Å². The van der Waals surface area contributed by atoms with Crippen molar-refractivity contribution >= 4 is 28.4 Å². The number of aromatic nitrogens is 5. The maximum Gasteiger partial charge on any atom is 0.257 e. The smallest absolute Gasteiger partial charge is 0.257 e. The fourth-order valence-electron chi connectivity index (χ4n) is 3.59. The summed E-state index contributed by atoms with van der Waals surface area (Å²) < 4.78 is 7.32. The molecule has 4 aromatic rings. The zero-order valence-corrected chi connectivity index (χ0v) is 17.0. The fraction of sp³-hybridized carbons (Fsp3) is 0.227. The number of rotatable bonds is 4. The summed E-state index contributed by atoms with van der Waals surface area (Å²) in [7, 11) is 1.94. The second-order valence-corrected chi connectivity index (χ2v) is 7.33. The summed E-state index contributed by atoms with van der Waals surface area (Å²) in [5, 5.41) is 3.76. The zero-order valence-electron chi connectivity index (χ0n) is 17.0. The summed E-state index contributed by atoms with van der Waals surface area (Å²) in [4.78, 5) is 32.3. The van der Waals surface area contributed by atoms with Gasteiger partial charge in [0.25, 0.3) is 5.91 Å². The van der Waals surface area contributed by atoms with E-state index < -0.39 is 0 Å². The Morgan fingerprint density at radius 3 is 2.74 bits per heavy atom. The van der Waals surface area contributed by atoms with Crippen LogP contribution in [0.2, 0.25) is 0 Å². The maximum absolute atomic E-state index is 12.8. The number of nitrogens with one attached hydrogen (secondary N) is 1. The first-order valence-electron chi connectivity index (χ1n) is 10.00. The molecule has 1 aliphatic rings. The zero-order chi connectivity index (χ0) is 21.2. The first kappa shape index (κ1) is 19.1. The highest BCUT2D eigenvalue weighted by atomic mass is 16.5. The SMILES string of the molecule is Cn1cncc1-c1cnc2cnc(NC(=O)c3ccnc(N4CCOCC4)c3)cc2c1. The van der Waals surface area contributed by atoms with Gasteiger partial charge < -0.3 is 19.5 Å². The molecule has 1 fully saturated rings. The largest absolute Gasteiger partial charge is 0.378 e. The molecule has 0 spiro atoms. The molecule has 9 heteroatoms. The van der Waals surface area contributed by atoms with Gasteiger partial charge in [0.1, 0.15) is 11.6 Å². The molecule has 5 rings (SSSR count). The van der Waals surface area contributed by atoms with Crippen molar-refractivity contribution in [3.8, 4) is 11.3 Å². The Morgan fingerprint density at radius 1 is 1.06 bits per heavy atom. The molecule has 1 aliphatic heterocycles. The quantitative estimate of drug-likeness (QED) is 0.547. The minimum absolute atomic E-state index is 0.237. The minimum atomic E-state index is -0.237. The van der Waals surface area contributed by atoms with Crippen molar-refractivity contribution in [2.45, 2.75) is 0 Å². The van der Waals surface area contributed by atoms with Gasteiger partial charge in [-0.2, -0.15) is 0 Å². The van der Waals surface area contributed by atoms with E-state index in [0.717, 1.165) is 41.1 Å². The molecule has 0 saturated carbocycles. The summed E-state index contributed by atoms with van der Waals surface area (Å²) in [5.41, 5.74) is 3.19. The van der Waals surface area contributed by atoms with Crippen molar-refractivity contribution in [3.05, 3.63) is 60.9 Å². The Balaban J connectivity index is 1.38. The van der Waals surface area contributed by atoms with E-state index in [4.69, 9.17) is 4.74 Å². The van der Waals surface area contributed by atoms with Crippen molar-refractivity contribution in [2.75, 3.05) is 36.5 Å². The number of ether oxygens (including phenoxy) is 1. The highest BCUT2D eigenvalue weighted by molar-refractivity contribution is 6.04. The van der Waals surface area contributed by atoms with Gasteiger partial charge in [-0.25, -0.2) is 15.0 Å². The molecule has 5 heterocycles. The molecule has 0 bridgehead atoms. The van der Waals surface area contributed by atoms with E-state index in [0.29, 0.717) is 24.6 Å². The van der Waals surface area contributed by atoms with Crippen LogP contribution in [0.1, 0.15) is 10.4 Å². The highest BCUT2D eigenvalue weighted by Crippen LogP contribution is 2.23. The van der Waals surface area contributed by atoms with Crippen LogP contribution >= 0.6 is 0 Å². The molecule has 0 aromatic carbocycles. The third kappa shape index (κ3) is 3.95. The van der Waals surface area contributed by atoms with Crippen molar-refractivity contribution in [3.63, 3.8) is 0 Å². The molecule has 0 unspecified atom stereocenters. The fourth-order valence-corrected chi connectivity index (χ4v) is 3.59.